The molecule has 0 aromatic heterocycles. The Labute approximate surface area is 304 Å². The molecule has 2 unspecified atom stereocenters. The molecule has 2 atom stereocenters. The van der Waals surface area contributed by atoms with Crippen molar-refractivity contribution in [2.75, 3.05) is 13.2 Å². The number of aliphatic hydroxyl groups excluding tert-OH is 2. The Balaban J connectivity index is 3.50. The molecule has 290 valence electrons. The van der Waals surface area contributed by atoms with E-state index < -0.39 is 12.1 Å². The fourth-order valence-electron chi connectivity index (χ4n) is 6.45. The number of rotatable bonds is 39. The summed E-state index contributed by atoms with van der Waals surface area (Å²) >= 11 is 0. The summed E-state index contributed by atoms with van der Waals surface area (Å²) in [5.41, 5.74) is 0. The quantitative estimate of drug-likeness (QED) is 0.0338. The Bertz CT molecular complexity index is 727. The van der Waals surface area contributed by atoms with Gasteiger partial charge in [0, 0.05) is 12.8 Å². The van der Waals surface area contributed by atoms with Gasteiger partial charge < -0.3 is 20.3 Å². The third-order valence-corrected chi connectivity index (χ3v) is 9.81. The molecule has 0 aliphatic carbocycles. The molecule has 0 heterocycles. The lowest BCUT2D eigenvalue weighted by molar-refractivity contribution is -0.143. The number of carbonyl (C=O) groups excluding carboxylic acids is 2. The monoisotopic (exact) mass is 694 g/mol. The number of hydrogen-bond donors (Lipinski definition) is 3. The van der Waals surface area contributed by atoms with Gasteiger partial charge in [-0.2, -0.15) is 0 Å². The van der Waals surface area contributed by atoms with Gasteiger partial charge in [-0.1, -0.05) is 193 Å². The summed E-state index contributed by atoms with van der Waals surface area (Å²) in [4.78, 5) is 24.3. The van der Waals surface area contributed by atoms with Crippen molar-refractivity contribution in [2.45, 2.75) is 238 Å². The molecule has 0 radical (unpaired) electrons. The second-order valence-corrected chi connectivity index (χ2v) is 14.7. The Morgan fingerprint density at radius 2 is 0.939 bits per heavy atom. The van der Waals surface area contributed by atoms with E-state index in [0.29, 0.717) is 19.4 Å². The van der Waals surface area contributed by atoms with Gasteiger partial charge in [0.05, 0.1) is 25.4 Å². The molecule has 0 rings (SSSR count). The van der Waals surface area contributed by atoms with E-state index in [1.165, 1.54) is 141 Å². The lowest BCUT2D eigenvalue weighted by Gasteiger charge is -2.20. The summed E-state index contributed by atoms with van der Waals surface area (Å²) in [6.45, 7) is 4.80. The van der Waals surface area contributed by atoms with E-state index in [1.54, 1.807) is 6.08 Å². The molecule has 0 aromatic rings. The van der Waals surface area contributed by atoms with Crippen LogP contribution in [0.3, 0.4) is 0 Å². The van der Waals surface area contributed by atoms with Crippen molar-refractivity contribution in [1.82, 2.24) is 5.32 Å². The van der Waals surface area contributed by atoms with Gasteiger partial charge in [0.15, 0.2) is 0 Å². The predicted octanol–water partition coefficient (Wildman–Crippen LogP) is 11.8. The number of aliphatic hydroxyl groups is 2. The fourth-order valence-corrected chi connectivity index (χ4v) is 6.45. The zero-order valence-corrected chi connectivity index (χ0v) is 32.7. The summed E-state index contributed by atoms with van der Waals surface area (Å²) in [5, 5.41) is 22.8. The molecule has 3 N–H and O–H groups in total. The van der Waals surface area contributed by atoms with Crippen LogP contribution in [0.1, 0.15) is 226 Å². The van der Waals surface area contributed by atoms with Crippen molar-refractivity contribution in [3.63, 3.8) is 0 Å². The zero-order valence-electron chi connectivity index (χ0n) is 32.7. The van der Waals surface area contributed by atoms with Crippen LogP contribution in [0.2, 0.25) is 0 Å². The van der Waals surface area contributed by atoms with Crippen LogP contribution in [0.4, 0.5) is 0 Å². The predicted molar refractivity (Wildman–Crippen MR) is 209 cm³/mol. The van der Waals surface area contributed by atoms with Crippen LogP contribution in [-0.4, -0.2) is 47.4 Å². The van der Waals surface area contributed by atoms with E-state index in [-0.39, 0.29) is 18.5 Å². The Morgan fingerprint density at radius 3 is 1.39 bits per heavy atom. The lowest BCUT2D eigenvalue weighted by atomic mass is 10.0. The normalized spacial score (nSPS) is 12.8. The Kier molecular flexibility index (Phi) is 38.3. The molecule has 6 heteroatoms. The maximum absolute atomic E-state index is 12.3. The highest BCUT2D eigenvalue weighted by molar-refractivity contribution is 5.76. The summed E-state index contributed by atoms with van der Waals surface area (Å²) in [7, 11) is 0. The first kappa shape index (κ1) is 47.6. The van der Waals surface area contributed by atoms with Crippen LogP contribution in [0.15, 0.2) is 12.2 Å². The number of carbonyl (C=O) groups is 2. The summed E-state index contributed by atoms with van der Waals surface area (Å²) in [6.07, 6.45) is 41.9. The van der Waals surface area contributed by atoms with Gasteiger partial charge in [0.25, 0.3) is 0 Å². The highest BCUT2D eigenvalue weighted by atomic mass is 16.5. The maximum atomic E-state index is 12.3. The largest absolute Gasteiger partial charge is 0.466 e. The second-order valence-electron chi connectivity index (χ2n) is 14.7. The van der Waals surface area contributed by atoms with Crippen LogP contribution < -0.4 is 5.32 Å². The van der Waals surface area contributed by atoms with Crippen molar-refractivity contribution >= 4 is 11.9 Å². The Morgan fingerprint density at radius 1 is 0.551 bits per heavy atom. The van der Waals surface area contributed by atoms with Crippen molar-refractivity contribution in [2.24, 2.45) is 0 Å². The highest BCUT2D eigenvalue weighted by Gasteiger charge is 2.18. The minimum absolute atomic E-state index is 0.0263. The maximum Gasteiger partial charge on any atom is 0.305 e. The minimum Gasteiger partial charge on any atom is -0.466 e. The highest BCUT2D eigenvalue weighted by Crippen LogP contribution is 2.15. The van der Waals surface area contributed by atoms with E-state index >= 15 is 0 Å². The minimum atomic E-state index is -0.857. The SMILES string of the molecule is CCCCCCCCC/C=C/C(O)C(CO)NC(=O)CCCCCCCCCCCOC(=O)CCCCCCCCCCCCCCCC. The average Bonchev–Trinajstić information content (AvgIpc) is 3.10. The fraction of sp³-hybridized carbons (Fsp3) is 0.907. The van der Waals surface area contributed by atoms with Gasteiger partial charge in [0.2, 0.25) is 5.91 Å². The standard InChI is InChI=1S/C43H83NO5/c1-3-5-7-9-11-13-14-15-16-17-21-25-29-33-37-43(48)49-38-34-30-26-22-18-20-24-28-32-36-42(47)44-40(39-45)41(46)35-31-27-23-19-12-10-8-6-4-2/h31,35,40-41,45-46H,3-30,32-34,36-39H2,1-2H3,(H,44,47)/b35-31+. The summed E-state index contributed by atoms with van der Waals surface area (Å²) in [5.74, 6) is -0.125. The molecule has 0 aliphatic rings. The van der Waals surface area contributed by atoms with E-state index in [1.807, 2.05) is 6.08 Å². The van der Waals surface area contributed by atoms with Gasteiger partial charge in [-0.05, 0) is 32.1 Å². The zero-order chi connectivity index (χ0) is 35.9. The first-order valence-corrected chi connectivity index (χ1v) is 21.5. The molecule has 0 saturated carbocycles. The molecular formula is C43H83NO5. The van der Waals surface area contributed by atoms with Gasteiger partial charge in [-0.25, -0.2) is 0 Å². The lowest BCUT2D eigenvalue weighted by Crippen LogP contribution is -2.45. The molecule has 0 bridgehead atoms. The third-order valence-electron chi connectivity index (χ3n) is 9.81. The van der Waals surface area contributed by atoms with Crippen molar-refractivity contribution in [3.05, 3.63) is 12.2 Å². The third kappa shape index (κ3) is 36.2. The van der Waals surface area contributed by atoms with Crippen LogP contribution in [-0.2, 0) is 14.3 Å². The van der Waals surface area contributed by atoms with E-state index in [9.17, 15) is 19.8 Å². The molecule has 1 amide bonds. The van der Waals surface area contributed by atoms with Gasteiger partial charge in [-0.15, -0.1) is 0 Å². The summed E-state index contributed by atoms with van der Waals surface area (Å²) in [6, 6.07) is -0.643. The van der Waals surface area contributed by atoms with E-state index in [0.717, 1.165) is 57.8 Å². The molecule has 6 nitrogen and oxygen atoms in total. The molecule has 0 aliphatic heterocycles. The molecule has 0 aromatic carbocycles. The number of unbranched alkanes of at least 4 members (excludes halogenated alkanes) is 28. The number of allylic oxidation sites excluding steroid dienone is 1. The number of hydrogen-bond acceptors (Lipinski definition) is 5. The number of nitrogens with one attached hydrogen (secondary N) is 1. The molecule has 49 heavy (non-hydrogen) atoms. The van der Waals surface area contributed by atoms with Crippen molar-refractivity contribution in [1.29, 1.82) is 0 Å². The van der Waals surface area contributed by atoms with Crippen LogP contribution >= 0.6 is 0 Å². The van der Waals surface area contributed by atoms with Crippen LogP contribution in [0, 0.1) is 0 Å². The number of amides is 1. The van der Waals surface area contributed by atoms with Crippen molar-refractivity contribution < 1.29 is 24.5 Å². The van der Waals surface area contributed by atoms with Crippen molar-refractivity contribution in [3.8, 4) is 0 Å². The average molecular weight is 694 g/mol. The number of esters is 1. The molecule has 0 spiro atoms. The van der Waals surface area contributed by atoms with Gasteiger partial charge in [0.1, 0.15) is 0 Å². The topological polar surface area (TPSA) is 95.9 Å². The molecular weight excluding hydrogens is 610 g/mol. The second kappa shape index (κ2) is 39.4. The van der Waals surface area contributed by atoms with E-state index in [2.05, 4.69) is 19.2 Å². The number of ether oxygens (including phenoxy) is 1. The smallest absolute Gasteiger partial charge is 0.305 e. The summed E-state index contributed by atoms with van der Waals surface area (Å²) < 4.78 is 5.43. The van der Waals surface area contributed by atoms with Gasteiger partial charge in [-0.3, -0.25) is 9.59 Å². The first-order valence-electron chi connectivity index (χ1n) is 21.5. The molecule has 0 saturated heterocycles. The van der Waals surface area contributed by atoms with E-state index in [4.69, 9.17) is 4.74 Å². The van der Waals surface area contributed by atoms with Crippen LogP contribution in [0.5, 0.6) is 0 Å². The Hall–Kier alpha value is -1.40. The van der Waals surface area contributed by atoms with Crippen LogP contribution in [0.25, 0.3) is 0 Å². The first-order chi connectivity index (χ1) is 24.0. The van der Waals surface area contributed by atoms with Gasteiger partial charge >= 0.3 is 5.97 Å². The molecule has 0 fully saturated rings.